The normalized spacial score (nSPS) is 16.3. The molecule has 53 heavy (non-hydrogen) atoms. The van der Waals surface area contributed by atoms with Crippen molar-refractivity contribution >= 4 is 45.9 Å². The highest BCUT2D eigenvalue weighted by Crippen LogP contribution is 2.50. The minimum absolute atomic E-state index is 0.000749. The molecule has 2 amide bonds. The molecular weight excluding hydrogens is 707 g/mol. The monoisotopic (exact) mass is 756 g/mol. The molecule has 2 aromatic carbocycles. The van der Waals surface area contributed by atoms with Gasteiger partial charge in [0.25, 0.3) is 11.8 Å². The molecule has 3 atom stereocenters. The fraction of sp³-hybridized carbons (Fsp3) is 0.395. The van der Waals surface area contributed by atoms with E-state index in [-0.39, 0.29) is 41.5 Å². The first kappa shape index (κ1) is 38.8. The van der Waals surface area contributed by atoms with Crippen molar-refractivity contribution in [1.29, 1.82) is 0 Å². The Morgan fingerprint density at radius 1 is 0.717 bits per heavy atom. The maximum atomic E-state index is 15.2. The Balaban J connectivity index is 1.53. The molecular formula is C43H50F2N4O2S2. The number of fused-ring (bicyclic) bond motifs is 1. The molecule has 4 aromatic rings. The highest BCUT2D eigenvalue weighted by atomic mass is 32.1. The zero-order chi connectivity index (χ0) is 37.8. The fourth-order valence-corrected chi connectivity index (χ4v) is 9.56. The molecule has 0 fully saturated rings. The summed E-state index contributed by atoms with van der Waals surface area (Å²) < 4.78 is 30.2. The first-order valence-corrected chi connectivity index (χ1v) is 20.6. The van der Waals surface area contributed by atoms with E-state index in [1.807, 2.05) is 37.3 Å². The number of nitrogens with one attached hydrogen (secondary N) is 1. The van der Waals surface area contributed by atoms with E-state index >= 15 is 14.0 Å². The van der Waals surface area contributed by atoms with Crippen LogP contribution in [0.3, 0.4) is 0 Å². The van der Waals surface area contributed by atoms with Crippen molar-refractivity contribution in [2.75, 3.05) is 19.6 Å². The standard InChI is InChI=1S/C43H50F2N4O2S2/c1-6-10-22-47-28(9-4)25-49-41(37-20-18-34(52-37)29-14-11-12-15-31(29)44)39-38(43(49)51)40(48(42(39)50)24-27(8-3)33(46)13-7-2)36-21-19-35(53-36)30-17-16-26(5)23-32(30)45/h11-12,14-21,23,27-28,33,47H,6-10,13,22,24-25,46H2,1-5H3. The van der Waals surface area contributed by atoms with Gasteiger partial charge >= 0.3 is 0 Å². The lowest BCUT2D eigenvalue weighted by atomic mass is 9.93. The van der Waals surface area contributed by atoms with Crippen LogP contribution in [0.25, 0.3) is 32.3 Å². The summed E-state index contributed by atoms with van der Waals surface area (Å²) in [5.74, 6) is -1.13. The number of halogens is 2. The largest absolute Gasteiger partial charge is 0.327 e. The molecule has 3 N–H and O–H groups in total. The van der Waals surface area contributed by atoms with Gasteiger partial charge in [-0.15, -0.1) is 22.7 Å². The van der Waals surface area contributed by atoms with Crippen LogP contribution in [0.2, 0.25) is 0 Å². The summed E-state index contributed by atoms with van der Waals surface area (Å²) in [6.45, 7) is 11.8. The number of benzene rings is 2. The van der Waals surface area contributed by atoms with Gasteiger partial charge in [0.05, 0.1) is 32.3 Å². The van der Waals surface area contributed by atoms with Crippen LogP contribution in [0.4, 0.5) is 8.78 Å². The van der Waals surface area contributed by atoms with E-state index in [1.165, 1.54) is 34.8 Å². The topological polar surface area (TPSA) is 78.7 Å². The molecule has 3 unspecified atom stereocenters. The Morgan fingerprint density at radius 2 is 1.30 bits per heavy atom. The number of nitrogens with two attached hydrogens (primary N) is 1. The van der Waals surface area contributed by atoms with Gasteiger partial charge in [-0.3, -0.25) is 9.59 Å². The predicted octanol–water partition coefficient (Wildman–Crippen LogP) is 9.86. The van der Waals surface area contributed by atoms with Crippen LogP contribution in [-0.4, -0.2) is 53.3 Å². The van der Waals surface area contributed by atoms with Gasteiger partial charge in [-0.05, 0) is 80.6 Å². The molecule has 6 rings (SSSR count). The third kappa shape index (κ3) is 7.83. The molecule has 4 heterocycles. The van der Waals surface area contributed by atoms with Gasteiger partial charge in [0.15, 0.2) is 0 Å². The molecule has 0 spiro atoms. The van der Waals surface area contributed by atoms with E-state index in [1.54, 1.807) is 34.1 Å². The Hall–Kier alpha value is -3.96. The number of hydrogen-bond donors (Lipinski definition) is 2. The van der Waals surface area contributed by atoms with Crippen LogP contribution >= 0.6 is 22.7 Å². The SMILES string of the molecule is CCCCNC(CC)CN1C(=O)C2=C(c3ccc(-c4ccc(C)cc4F)s3)N(CC(CC)C(N)CCC)C(=O)C2=C1c1ccc(-c2ccccc2F)s1. The number of carbonyl (C=O) groups excluding carboxylic acids is 2. The first-order valence-electron chi connectivity index (χ1n) is 18.9. The van der Waals surface area contributed by atoms with Gasteiger partial charge in [-0.1, -0.05) is 77.3 Å². The number of nitrogens with zero attached hydrogens (tertiary/aromatic N) is 2. The van der Waals surface area contributed by atoms with Crippen molar-refractivity contribution in [2.45, 2.75) is 85.2 Å². The Bertz CT molecular complexity index is 2030. The molecule has 2 aliphatic rings. The third-order valence-electron chi connectivity index (χ3n) is 10.4. The van der Waals surface area contributed by atoms with E-state index in [4.69, 9.17) is 5.73 Å². The minimum Gasteiger partial charge on any atom is -0.327 e. The van der Waals surface area contributed by atoms with E-state index in [0.29, 0.717) is 56.5 Å². The molecule has 0 bridgehead atoms. The summed E-state index contributed by atoms with van der Waals surface area (Å²) in [7, 11) is 0. The van der Waals surface area contributed by atoms with Gasteiger partial charge in [0, 0.05) is 46.1 Å². The van der Waals surface area contributed by atoms with Crippen molar-refractivity contribution in [3.8, 4) is 20.9 Å². The van der Waals surface area contributed by atoms with Crippen molar-refractivity contribution in [2.24, 2.45) is 11.7 Å². The maximum Gasteiger partial charge on any atom is 0.261 e. The van der Waals surface area contributed by atoms with Crippen LogP contribution in [-0.2, 0) is 9.59 Å². The number of hydrogen-bond acceptors (Lipinski definition) is 6. The summed E-state index contributed by atoms with van der Waals surface area (Å²) in [4.78, 5) is 36.4. The van der Waals surface area contributed by atoms with Gasteiger partial charge in [-0.2, -0.15) is 0 Å². The van der Waals surface area contributed by atoms with Gasteiger partial charge in [0.2, 0.25) is 0 Å². The van der Waals surface area contributed by atoms with Gasteiger partial charge in [0.1, 0.15) is 11.6 Å². The zero-order valence-corrected chi connectivity index (χ0v) is 32.9. The lowest BCUT2D eigenvalue weighted by molar-refractivity contribution is -0.124. The second-order valence-corrected chi connectivity index (χ2v) is 16.3. The van der Waals surface area contributed by atoms with Crippen molar-refractivity contribution in [1.82, 2.24) is 15.1 Å². The van der Waals surface area contributed by atoms with Gasteiger partial charge < -0.3 is 20.9 Å². The number of amides is 2. The number of unbranched alkanes of at least 4 members (excludes halogenated alkanes) is 1. The number of thiophene rings is 2. The maximum absolute atomic E-state index is 15.2. The number of rotatable bonds is 17. The molecule has 10 heteroatoms. The predicted molar refractivity (Wildman–Crippen MR) is 215 cm³/mol. The Kier molecular flexibility index (Phi) is 12.4. The first-order chi connectivity index (χ1) is 25.6. The molecule has 0 saturated heterocycles. The molecule has 0 aliphatic carbocycles. The summed E-state index contributed by atoms with van der Waals surface area (Å²) in [5.41, 5.74) is 10.3. The van der Waals surface area contributed by atoms with E-state index in [9.17, 15) is 4.39 Å². The van der Waals surface area contributed by atoms with Crippen LogP contribution in [0.1, 0.15) is 81.5 Å². The molecule has 0 radical (unpaired) electrons. The summed E-state index contributed by atoms with van der Waals surface area (Å²) >= 11 is 2.76. The number of aryl methyl sites for hydroxylation is 1. The molecule has 6 nitrogen and oxygen atoms in total. The molecule has 280 valence electrons. The van der Waals surface area contributed by atoms with E-state index in [2.05, 4.69) is 33.0 Å². The fourth-order valence-electron chi connectivity index (χ4n) is 7.37. The third-order valence-corrected chi connectivity index (χ3v) is 12.7. The molecule has 2 aliphatic heterocycles. The highest BCUT2D eigenvalue weighted by molar-refractivity contribution is 7.17. The lowest BCUT2D eigenvalue weighted by Crippen LogP contribution is -2.42. The zero-order valence-electron chi connectivity index (χ0n) is 31.3. The van der Waals surface area contributed by atoms with Crippen LogP contribution < -0.4 is 11.1 Å². The van der Waals surface area contributed by atoms with Crippen molar-refractivity contribution in [3.05, 3.63) is 105 Å². The quantitative estimate of drug-likeness (QED) is 0.105. The molecule has 2 aromatic heterocycles. The summed E-state index contributed by atoms with van der Waals surface area (Å²) in [6.07, 6.45) is 5.36. The Morgan fingerprint density at radius 3 is 1.85 bits per heavy atom. The summed E-state index contributed by atoms with van der Waals surface area (Å²) in [6, 6.07) is 19.2. The van der Waals surface area contributed by atoms with Gasteiger partial charge in [-0.25, -0.2) is 8.78 Å². The average molecular weight is 757 g/mol. The lowest BCUT2D eigenvalue weighted by Gasteiger charge is -2.31. The van der Waals surface area contributed by atoms with Crippen molar-refractivity contribution < 1.29 is 18.4 Å². The summed E-state index contributed by atoms with van der Waals surface area (Å²) in [5, 5.41) is 3.62. The average Bonchev–Trinajstić information content (AvgIpc) is 3.93. The molecule has 0 saturated carbocycles. The smallest absolute Gasteiger partial charge is 0.261 e. The van der Waals surface area contributed by atoms with E-state index in [0.717, 1.165) is 60.4 Å². The van der Waals surface area contributed by atoms with Crippen LogP contribution in [0.5, 0.6) is 0 Å². The highest BCUT2D eigenvalue weighted by Gasteiger charge is 2.50. The second-order valence-electron chi connectivity index (χ2n) is 14.1. The Labute approximate surface area is 320 Å². The van der Waals surface area contributed by atoms with Crippen molar-refractivity contribution in [3.63, 3.8) is 0 Å². The minimum atomic E-state index is -0.331. The van der Waals surface area contributed by atoms with Crippen LogP contribution in [0, 0.1) is 24.5 Å². The van der Waals surface area contributed by atoms with E-state index < -0.39 is 0 Å². The second kappa shape index (κ2) is 17.0. The number of carbonyl (C=O) groups is 2. The van der Waals surface area contributed by atoms with Crippen LogP contribution in [0.15, 0.2) is 77.9 Å².